The summed E-state index contributed by atoms with van der Waals surface area (Å²) in [6, 6.07) is 10.00. The Labute approximate surface area is 109 Å². The van der Waals surface area contributed by atoms with Crippen molar-refractivity contribution in [3.8, 4) is 6.07 Å². The highest BCUT2D eigenvalue weighted by Crippen LogP contribution is 2.39. The maximum Gasteiger partial charge on any atom is 0.0967 e. The van der Waals surface area contributed by atoms with Gasteiger partial charge >= 0.3 is 0 Å². The first kappa shape index (κ1) is 11.9. The van der Waals surface area contributed by atoms with Gasteiger partial charge in [-0.15, -0.1) is 23.5 Å². The van der Waals surface area contributed by atoms with Gasteiger partial charge in [0.25, 0.3) is 0 Å². The largest absolute Gasteiger partial charge is 0.193 e. The topological polar surface area (TPSA) is 23.8 Å². The average Bonchev–Trinajstić information content (AvgIpc) is 2.82. The van der Waals surface area contributed by atoms with E-state index in [1.54, 1.807) is 23.5 Å². The second kappa shape index (κ2) is 5.67. The fourth-order valence-corrected chi connectivity index (χ4v) is 4.03. The van der Waals surface area contributed by atoms with Crippen molar-refractivity contribution >= 4 is 35.1 Å². The molecule has 1 aromatic carbocycles. The zero-order valence-electron chi connectivity index (χ0n) is 8.57. The molecule has 1 fully saturated rings. The average molecular weight is 268 g/mol. The molecule has 1 heterocycles. The molecule has 16 heavy (non-hydrogen) atoms. The van der Waals surface area contributed by atoms with Gasteiger partial charge in [-0.1, -0.05) is 23.7 Å². The molecule has 2 rings (SSSR count). The molecule has 0 spiro atoms. The molecule has 0 unspecified atom stereocenters. The van der Waals surface area contributed by atoms with Crippen LogP contribution in [0.2, 0.25) is 5.02 Å². The smallest absolute Gasteiger partial charge is 0.0967 e. The molecular formula is C12H10ClNS2. The van der Waals surface area contributed by atoms with Gasteiger partial charge in [0.1, 0.15) is 0 Å². The lowest BCUT2D eigenvalue weighted by Gasteiger charge is -2.03. The van der Waals surface area contributed by atoms with Crippen molar-refractivity contribution < 1.29 is 0 Å². The fourth-order valence-electron chi connectivity index (χ4n) is 1.45. The number of halogens is 1. The molecule has 0 amide bonds. The van der Waals surface area contributed by atoms with E-state index in [1.807, 2.05) is 24.3 Å². The molecule has 1 aliphatic heterocycles. The fraction of sp³-hybridized carbons (Fsp3) is 0.250. The molecule has 1 saturated heterocycles. The number of hydrogen-bond acceptors (Lipinski definition) is 3. The van der Waals surface area contributed by atoms with E-state index in [-0.39, 0.29) is 0 Å². The summed E-state index contributed by atoms with van der Waals surface area (Å²) in [5, 5.41) is 9.88. The van der Waals surface area contributed by atoms with E-state index in [1.165, 1.54) is 4.24 Å². The highest BCUT2D eigenvalue weighted by atomic mass is 35.5. The van der Waals surface area contributed by atoms with Crippen molar-refractivity contribution in [2.24, 2.45) is 0 Å². The maximum absolute atomic E-state index is 9.14. The van der Waals surface area contributed by atoms with Crippen molar-refractivity contribution in [3.63, 3.8) is 0 Å². The molecule has 82 valence electrons. The summed E-state index contributed by atoms with van der Waals surface area (Å²) >= 11 is 9.41. The zero-order valence-corrected chi connectivity index (χ0v) is 11.0. The first-order valence-corrected chi connectivity index (χ1v) is 7.28. The first-order chi connectivity index (χ1) is 7.79. The minimum Gasteiger partial charge on any atom is -0.193 e. The summed E-state index contributed by atoms with van der Waals surface area (Å²) < 4.78 is 1.19. The number of rotatable bonds is 2. The lowest BCUT2D eigenvalue weighted by atomic mass is 10.1. The van der Waals surface area contributed by atoms with E-state index < -0.39 is 0 Å². The van der Waals surface area contributed by atoms with Crippen LogP contribution in [0.5, 0.6) is 0 Å². The van der Waals surface area contributed by atoms with Crippen LogP contribution in [0.15, 0.2) is 34.1 Å². The standard InChI is InChI=1S/C12H10ClNS2/c13-11-3-1-9(2-4-11)7-10(8-14)12-15-5-6-16-12/h1-4H,5-7H2. The Morgan fingerprint density at radius 1 is 1.25 bits per heavy atom. The second-order valence-electron chi connectivity index (χ2n) is 3.38. The normalized spacial score (nSPS) is 14.9. The van der Waals surface area contributed by atoms with Crippen LogP contribution >= 0.6 is 35.1 Å². The summed E-state index contributed by atoms with van der Waals surface area (Å²) in [7, 11) is 0. The second-order valence-corrected chi connectivity index (χ2v) is 6.28. The monoisotopic (exact) mass is 267 g/mol. The van der Waals surface area contributed by atoms with E-state index in [0.29, 0.717) is 6.42 Å². The van der Waals surface area contributed by atoms with Gasteiger partial charge in [0.05, 0.1) is 15.9 Å². The molecule has 0 bridgehead atoms. The van der Waals surface area contributed by atoms with Crippen molar-refractivity contribution in [2.45, 2.75) is 6.42 Å². The number of thioether (sulfide) groups is 2. The summed E-state index contributed by atoms with van der Waals surface area (Å²) in [5.41, 5.74) is 2.02. The molecular weight excluding hydrogens is 258 g/mol. The summed E-state index contributed by atoms with van der Waals surface area (Å²) in [6.45, 7) is 0. The Balaban J connectivity index is 2.16. The van der Waals surface area contributed by atoms with Gasteiger partial charge < -0.3 is 0 Å². The van der Waals surface area contributed by atoms with Crippen LogP contribution in [-0.2, 0) is 6.42 Å². The summed E-state index contributed by atoms with van der Waals surface area (Å²) in [5.74, 6) is 2.23. The van der Waals surface area contributed by atoms with Gasteiger partial charge in [-0.3, -0.25) is 0 Å². The van der Waals surface area contributed by atoms with Crippen molar-refractivity contribution in [1.29, 1.82) is 5.26 Å². The first-order valence-electron chi connectivity index (χ1n) is 4.93. The SMILES string of the molecule is N#CC(Cc1ccc(Cl)cc1)=C1SCCS1. The van der Waals surface area contributed by atoms with Gasteiger partial charge in [-0.2, -0.15) is 5.26 Å². The number of nitriles is 1. The van der Waals surface area contributed by atoms with E-state index in [0.717, 1.165) is 27.7 Å². The summed E-state index contributed by atoms with van der Waals surface area (Å²) in [4.78, 5) is 0. The van der Waals surface area contributed by atoms with Crippen LogP contribution < -0.4 is 0 Å². The van der Waals surface area contributed by atoms with Crippen molar-refractivity contribution in [1.82, 2.24) is 0 Å². The molecule has 0 radical (unpaired) electrons. The molecule has 0 atom stereocenters. The van der Waals surface area contributed by atoms with E-state index in [2.05, 4.69) is 6.07 Å². The number of hydrogen-bond donors (Lipinski definition) is 0. The van der Waals surface area contributed by atoms with Gasteiger partial charge in [0.15, 0.2) is 0 Å². The molecule has 4 heteroatoms. The quantitative estimate of drug-likeness (QED) is 0.754. The Morgan fingerprint density at radius 2 is 1.88 bits per heavy atom. The van der Waals surface area contributed by atoms with Gasteiger partial charge in [-0.05, 0) is 17.7 Å². The van der Waals surface area contributed by atoms with Crippen LogP contribution in [0.3, 0.4) is 0 Å². The Hall–Kier alpha value is -0.560. The number of allylic oxidation sites excluding steroid dienone is 1. The van der Waals surface area contributed by atoms with Gasteiger partial charge in [-0.25, -0.2) is 0 Å². The maximum atomic E-state index is 9.14. The van der Waals surface area contributed by atoms with Crippen LogP contribution in [0, 0.1) is 11.3 Å². The lowest BCUT2D eigenvalue weighted by Crippen LogP contribution is -1.89. The molecule has 1 aromatic rings. The molecule has 1 nitrogen and oxygen atoms in total. The minimum absolute atomic E-state index is 0.711. The van der Waals surface area contributed by atoms with Gasteiger partial charge in [0, 0.05) is 22.9 Å². The highest BCUT2D eigenvalue weighted by molar-refractivity contribution is 8.25. The lowest BCUT2D eigenvalue weighted by molar-refractivity contribution is 1.20. The Kier molecular flexibility index (Phi) is 4.22. The third kappa shape index (κ3) is 2.98. The van der Waals surface area contributed by atoms with Crippen LogP contribution in [0.1, 0.15) is 5.56 Å². The Bertz CT molecular complexity index is 437. The molecule has 0 N–H and O–H groups in total. The van der Waals surface area contributed by atoms with E-state index in [4.69, 9.17) is 16.9 Å². The van der Waals surface area contributed by atoms with E-state index >= 15 is 0 Å². The molecule has 0 aromatic heterocycles. The highest BCUT2D eigenvalue weighted by Gasteiger charge is 2.14. The molecule has 0 aliphatic carbocycles. The van der Waals surface area contributed by atoms with Gasteiger partial charge in [0.2, 0.25) is 0 Å². The van der Waals surface area contributed by atoms with Crippen molar-refractivity contribution in [2.75, 3.05) is 11.5 Å². The third-order valence-corrected chi connectivity index (χ3v) is 5.28. The van der Waals surface area contributed by atoms with Crippen molar-refractivity contribution in [3.05, 3.63) is 44.7 Å². The van der Waals surface area contributed by atoms with E-state index in [9.17, 15) is 0 Å². The predicted octanol–water partition coefficient (Wildman–Crippen LogP) is 4.10. The summed E-state index contributed by atoms with van der Waals surface area (Å²) in [6.07, 6.45) is 0.711. The Morgan fingerprint density at radius 3 is 2.44 bits per heavy atom. The van der Waals surface area contributed by atoms with Crippen LogP contribution in [0.4, 0.5) is 0 Å². The number of benzene rings is 1. The number of nitrogens with zero attached hydrogens (tertiary/aromatic N) is 1. The minimum atomic E-state index is 0.711. The third-order valence-electron chi connectivity index (χ3n) is 2.23. The molecule has 0 saturated carbocycles. The predicted molar refractivity (Wildman–Crippen MR) is 72.7 cm³/mol. The van der Waals surface area contributed by atoms with Crippen LogP contribution in [0.25, 0.3) is 0 Å². The van der Waals surface area contributed by atoms with Crippen LogP contribution in [-0.4, -0.2) is 11.5 Å². The molecule has 1 aliphatic rings. The zero-order chi connectivity index (χ0) is 11.4.